The van der Waals surface area contributed by atoms with Crippen LogP contribution in [0.1, 0.15) is 48.9 Å². The van der Waals surface area contributed by atoms with Gasteiger partial charge in [-0.3, -0.25) is 14.7 Å². The van der Waals surface area contributed by atoms with Crippen LogP contribution in [0.15, 0.2) is 47.7 Å². The number of nitrogens with one attached hydrogen (secondary N) is 2. The molecule has 1 aliphatic carbocycles. The number of fused-ring (bicyclic) bond motifs is 1. The van der Waals surface area contributed by atoms with Crippen LogP contribution in [0.5, 0.6) is 0 Å². The number of aryl methyl sites for hydroxylation is 1. The first-order valence-corrected chi connectivity index (χ1v) is 9.96. The number of amides is 2. The van der Waals surface area contributed by atoms with E-state index in [1.807, 2.05) is 42.2 Å². The van der Waals surface area contributed by atoms with E-state index in [9.17, 15) is 9.59 Å². The minimum atomic E-state index is -0.109. The van der Waals surface area contributed by atoms with Crippen molar-refractivity contribution in [2.75, 3.05) is 0 Å². The Morgan fingerprint density at radius 3 is 2.86 bits per heavy atom. The first-order valence-electron chi connectivity index (χ1n) is 9.96. The van der Waals surface area contributed by atoms with Crippen LogP contribution >= 0.6 is 0 Å². The number of carbonyl (C=O) groups excluding carboxylic acids is 2. The lowest BCUT2D eigenvalue weighted by atomic mass is 9.88. The Balaban J connectivity index is 1.46. The van der Waals surface area contributed by atoms with Gasteiger partial charge in [-0.1, -0.05) is 36.8 Å². The number of aromatic nitrogens is 2. The Kier molecular flexibility index (Phi) is 5.28. The second-order valence-corrected chi connectivity index (χ2v) is 7.66. The number of aromatic amines is 1. The standard InChI is InChI=1S/C22H26N4O2/c1-15-17(13-24-25-15)12-23-21(27)11-19-18-9-5-6-10-20(18)26(22(19)28)14-16-7-3-2-4-8-16/h2-4,7-8,13,20H,5-6,9-12,14H2,1H3,(H,23,27)(H,24,25). The highest BCUT2D eigenvalue weighted by molar-refractivity contribution is 6.02. The fourth-order valence-electron chi connectivity index (χ4n) is 4.26. The van der Waals surface area contributed by atoms with Gasteiger partial charge in [-0.05, 0) is 37.3 Å². The average Bonchev–Trinajstić information content (AvgIpc) is 3.24. The summed E-state index contributed by atoms with van der Waals surface area (Å²) < 4.78 is 0. The summed E-state index contributed by atoms with van der Waals surface area (Å²) in [7, 11) is 0. The van der Waals surface area contributed by atoms with Crippen molar-refractivity contribution in [3.05, 3.63) is 64.5 Å². The van der Waals surface area contributed by atoms with Crippen LogP contribution < -0.4 is 5.32 Å². The van der Waals surface area contributed by atoms with Gasteiger partial charge in [0.05, 0.1) is 18.7 Å². The van der Waals surface area contributed by atoms with E-state index < -0.39 is 0 Å². The van der Waals surface area contributed by atoms with Crippen LogP contribution in [0.25, 0.3) is 0 Å². The third-order valence-corrected chi connectivity index (χ3v) is 5.80. The zero-order valence-electron chi connectivity index (χ0n) is 16.2. The van der Waals surface area contributed by atoms with Gasteiger partial charge in [0, 0.05) is 29.9 Å². The molecule has 6 nitrogen and oxygen atoms in total. The SMILES string of the molecule is Cc1[nH]ncc1CNC(=O)CC1=C2CCCCC2N(Cc2ccccc2)C1=O. The first-order chi connectivity index (χ1) is 13.6. The molecule has 146 valence electrons. The lowest BCUT2D eigenvalue weighted by molar-refractivity contribution is -0.129. The van der Waals surface area contributed by atoms with Gasteiger partial charge in [-0.2, -0.15) is 5.10 Å². The fraction of sp³-hybridized carbons (Fsp3) is 0.409. The maximum absolute atomic E-state index is 13.2. The van der Waals surface area contributed by atoms with Crippen molar-refractivity contribution in [3.63, 3.8) is 0 Å². The molecule has 0 saturated heterocycles. The highest BCUT2D eigenvalue weighted by atomic mass is 16.2. The normalized spacial score (nSPS) is 19.1. The Morgan fingerprint density at radius 1 is 1.29 bits per heavy atom. The molecule has 1 aliphatic heterocycles. The van der Waals surface area contributed by atoms with Crippen molar-refractivity contribution in [3.8, 4) is 0 Å². The molecule has 2 aromatic rings. The Morgan fingerprint density at radius 2 is 2.11 bits per heavy atom. The van der Waals surface area contributed by atoms with Crippen molar-refractivity contribution in [1.82, 2.24) is 20.4 Å². The van der Waals surface area contributed by atoms with Crippen LogP contribution in [0.2, 0.25) is 0 Å². The molecule has 1 atom stereocenters. The first kappa shape index (κ1) is 18.5. The Bertz CT molecular complexity index is 900. The molecule has 1 unspecified atom stereocenters. The highest BCUT2D eigenvalue weighted by Crippen LogP contribution is 2.38. The summed E-state index contributed by atoms with van der Waals surface area (Å²) in [5.41, 5.74) is 4.93. The second-order valence-electron chi connectivity index (χ2n) is 7.66. The summed E-state index contributed by atoms with van der Waals surface area (Å²) in [6, 6.07) is 10.2. The summed E-state index contributed by atoms with van der Waals surface area (Å²) >= 11 is 0. The van der Waals surface area contributed by atoms with Gasteiger partial charge in [0.2, 0.25) is 5.91 Å². The van der Waals surface area contributed by atoms with E-state index in [4.69, 9.17) is 0 Å². The molecule has 1 aromatic carbocycles. The van der Waals surface area contributed by atoms with E-state index in [1.165, 1.54) is 5.57 Å². The maximum Gasteiger partial charge on any atom is 0.251 e. The van der Waals surface area contributed by atoms with Crippen LogP contribution in [0.3, 0.4) is 0 Å². The minimum Gasteiger partial charge on any atom is -0.352 e. The van der Waals surface area contributed by atoms with Gasteiger partial charge in [0.15, 0.2) is 0 Å². The molecule has 2 heterocycles. The molecule has 1 aromatic heterocycles. The zero-order chi connectivity index (χ0) is 19.5. The number of H-pyrrole nitrogens is 1. The summed E-state index contributed by atoms with van der Waals surface area (Å²) in [5.74, 6) is -0.0808. The van der Waals surface area contributed by atoms with E-state index in [0.717, 1.165) is 42.5 Å². The summed E-state index contributed by atoms with van der Waals surface area (Å²) in [4.78, 5) is 27.7. The number of rotatable bonds is 6. The van der Waals surface area contributed by atoms with Crippen molar-refractivity contribution in [2.24, 2.45) is 0 Å². The number of benzene rings is 1. The maximum atomic E-state index is 13.2. The predicted molar refractivity (Wildman–Crippen MR) is 106 cm³/mol. The molecule has 28 heavy (non-hydrogen) atoms. The molecule has 1 saturated carbocycles. The van der Waals surface area contributed by atoms with Crippen molar-refractivity contribution < 1.29 is 9.59 Å². The van der Waals surface area contributed by atoms with Gasteiger partial charge in [-0.25, -0.2) is 0 Å². The van der Waals surface area contributed by atoms with E-state index in [0.29, 0.717) is 18.7 Å². The smallest absolute Gasteiger partial charge is 0.251 e. The summed E-state index contributed by atoms with van der Waals surface area (Å²) in [6.07, 6.45) is 6.02. The molecule has 6 heteroatoms. The average molecular weight is 378 g/mol. The molecule has 2 aliphatic rings. The monoisotopic (exact) mass is 378 g/mol. The molecule has 2 N–H and O–H groups in total. The van der Waals surface area contributed by atoms with Crippen molar-refractivity contribution >= 4 is 11.8 Å². The van der Waals surface area contributed by atoms with E-state index in [-0.39, 0.29) is 24.3 Å². The quantitative estimate of drug-likeness (QED) is 0.811. The molecular formula is C22H26N4O2. The zero-order valence-corrected chi connectivity index (χ0v) is 16.2. The van der Waals surface area contributed by atoms with E-state index >= 15 is 0 Å². The second kappa shape index (κ2) is 8.00. The van der Waals surface area contributed by atoms with Crippen molar-refractivity contribution in [1.29, 1.82) is 0 Å². The number of hydrogen-bond donors (Lipinski definition) is 2. The van der Waals surface area contributed by atoms with Crippen molar-refractivity contribution in [2.45, 2.75) is 58.2 Å². The molecule has 1 fully saturated rings. The molecule has 4 rings (SSSR count). The summed E-state index contributed by atoms with van der Waals surface area (Å²) in [6.45, 7) is 2.95. The largest absolute Gasteiger partial charge is 0.352 e. The van der Waals surface area contributed by atoms with Gasteiger partial charge in [0.25, 0.3) is 5.91 Å². The molecule has 2 amide bonds. The van der Waals surface area contributed by atoms with Crippen LogP contribution in [-0.2, 0) is 22.7 Å². The minimum absolute atomic E-state index is 0.0281. The van der Waals surface area contributed by atoms with Gasteiger partial charge in [-0.15, -0.1) is 0 Å². The molecule has 0 radical (unpaired) electrons. The lowest BCUT2D eigenvalue weighted by Gasteiger charge is -2.30. The van der Waals surface area contributed by atoms with E-state index in [2.05, 4.69) is 15.5 Å². The molecule has 0 bridgehead atoms. The third kappa shape index (κ3) is 3.72. The Hall–Kier alpha value is -2.89. The topological polar surface area (TPSA) is 78.1 Å². The van der Waals surface area contributed by atoms with Gasteiger partial charge in [0.1, 0.15) is 0 Å². The molecular weight excluding hydrogens is 352 g/mol. The van der Waals surface area contributed by atoms with Crippen LogP contribution in [0, 0.1) is 6.92 Å². The fourth-order valence-corrected chi connectivity index (χ4v) is 4.26. The molecule has 0 spiro atoms. The lowest BCUT2D eigenvalue weighted by Crippen LogP contribution is -2.36. The van der Waals surface area contributed by atoms with Gasteiger partial charge >= 0.3 is 0 Å². The third-order valence-electron chi connectivity index (χ3n) is 5.80. The number of hydrogen-bond acceptors (Lipinski definition) is 3. The van der Waals surface area contributed by atoms with Crippen LogP contribution in [0.4, 0.5) is 0 Å². The van der Waals surface area contributed by atoms with Crippen LogP contribution in [-0.4, -0.2) is 33.0 Å². The van der Waals surface area contributed by atoms with Gasteiger partial charge < -0.3 is 10.2 Å². The number of carbonyl (C=O) groups is 2. The Labute approximate surface area is 165 Å². The van der Waals surface area contributed by atoms with E-state index in [1.54, 1.807) is 6.20 Å². The summed E-state index contributed by atoms with van der Waals surface area (Å²) in [5, 5.41) is 9.77. The predicted octanol–water partition coefficient (Wildman–Crippen LogP) is 3.01. The highest BCUT2D eigenvalue weighted by Gasteiger charge is 2.40. The number of nitrogens with zero attached hydrogens (tertiary/aromatic N) is 2.